The van der Waals surface area contributed by atoms with E-state index >= 15 is 0 Å². The molecular weight excluding hydrogens is 244 g/mol. The Labute approximate surface area is 124 Å². The Balaban J connectivity index is 2.02. The third-order valence-corrected chi connectivity index (χ3v) is 3.93. The van der Waals surface area contributed by atoms with E-state index < -0.39 is 0 Å². The monoisotopic (exact) mass is 274 g/mol. The fourth-order valence-corrected chi connectivity index (χ4v) is 2.55. The predicted molar refractivity (Wildman–Crippen MR) is 87.4 cm³/mol. The number of aryl methyl sites for hydroxylation is 1. The molecule has 0 fully saturated rings. The lowest BCUT2D eigenvalue weighted by Crippen LogP contribution is -1.92. The van der Waals surface area contributed by atoms with E-state index in [0.29, 0.717) is 0 Å². The molecule has 0 radical (unpaired) electrons. The van der Waals surface area contributed by atoms with Gasteiger partial charge >= 0.3 is 0 Å². The minimum absolute atomic E-state index is 0.152. The Morgan fingerprint density at radius 1 is 0.800 bits per heavy atom. The lowest BCUT2D eigenvalue weighted by atomic mass is 10.0. The Bertz CT molecular complexity index is 364. The average molecular weight is 274 g/mol. The first-order valence-electron chi connectivity index (χ1n) is 8.34. The SMILES string of the molecule is CCCCCCCCCCCc1ccc(C(C)=O)cc1. The van der Waals surface area contributed by atoms with E-state index in [1.807, 2.05) is 12.1 Å². The number of hydrogen-bond donors (Lipinski definition) is 0. The minimum atomic E-state index is 0.152. The maximum Gasteiger partial charge on any atom is 0.159 e. The first-order chi connectivity index (χ1) is 9.74. The third-order valence-electron chi connectivity index (χ3n) is 3.93. The van der Waals surface area contributed by atoms with E-state index in [2.05, 4.69) is 19.1 Å². The van der Waals surface area contributed by atoms with Crippen LogP contribution >= 0.6 is 0 Å². The van der Waals surface area contributed by atoms with E-state index in [-0.39, 0.29) is 5.78 Å². The van der Waals surface area contributed by atoms with Crippen molar-refractivity contribution in [3.63, 3.8) is 0 Å². The molecule has 0 aliphatic rings. The number of Topliss-reactive ketones (excluding diaryl/α,β-unsaturated/α-hetero) is 1. The quantitative estimate of drug-likeness (QED) is 0.359. The molecule has 0 aliphatic carbocycles. The fraction of sp³-hybridized carbons (Fsp3) is 0.632. The third kappa shape index (κ3) is 7.47. The van der Waals surface area contributed by atoms with E-state index in [9.17, 15) is 4.79 Å². The van der Waals surface area contributed by atoms with Crippen molar-refractivity contribution in [1.29, 1.82) is 0 Å². The molecule has 0 spiro atoms. The predicted octanol–water partition coefficient (Wildman–Crippen LogP) is 5.96. The molecule has 0 unspecified atom stereocenters. The smallest absolute Gasteiger partial charge is 0.159 e. The summed E-state index contributed by atoms with van der Waals surface area (Å²) in [5.41, 5.74) is 2.18. The summed E-state index contributed by atoms with van der Waals surface area (Å²) in [6, 6.07) is 8.10. The van der Waals surface area contributed by atoms with Crippen LogP contribution in [0.15, 0.2) is 24.3 Å². The Morgan fingerprint density at radius 3 is 1.80 bits per heavy atom. The molecule has 0 heterocycles. The van der Waals surface area contributed by atoms with Crippen LogP contribution in [-0.4, -0.2) is 5.78 Å². The first kappa shape index (κ1) is 16.9. The van der Waals surface area contributed by atoms with Crippen molar-refractivity contribution in [3.05, 3.63) is 35.4 Å². The molecular formula is C19H30O. The van der Waals surface area contributed by atoms with Crippen LogP contribution in [0.5, 0.6) is 0 Å². The highest BCUT2D eigenvalue weighted by Gasteiger charge is 1.99. The Morgan fingerprint density at radius 2 is 1.30 bits per heavy atom. The van der Waals surface area contributed by atoms with Gasteiger partial charge in [-0.2, -0.15) is 0 Å². The zero-order valence-corrected chi connectivity index (χ0v) is 13.3. The normalized spacial score (nSPS) is 10.7. The molecule has 0 aromatic heterocycles. The molecule has 0 aliphatic heterocycles. The molecule has 112 valence electrons. The van der Waals surface area contributed by atoms with Crippen LogP contribution in [0, 0.1) is 0 Å². The zero-order valence-electron chi connectivity index (χ0n) is 13.3. The van der Waals surface area contributed by atoms with Crippen molar-refractivity contribution < 1.29 is 4.79 Å². The second-order valence-corrected chi connectivity index (χ2v) is 5.83. The van der Waals surface area contributed by atoms with Gasteiger partial charge in [-0.15, -0.1) is 0 Å². The van der Waals surface area contributed by atoms with Crippen molar-refractivity contribution in [1.82, 2.24) is 0 Å². The lowest BCUT2D eigenvalue weighted by molar-refractivity contribution is 0.101. The van der Waals surface area contributed by atoms with Crippen LogP contribution in [0.25, 0.3) is 0 Å². The summed E-state index contributed by atoms with van der Waals surface area (Å²) < 4.78 is 0. The molecule has 1 heteroatoms. The van der Waals surface area contributed by atoms with Crippen LogP contribution in [0.1, 0.15) is 87.6 Å². The molecule has 20 heavy (non-hydrogen) atoms. The van der Waals surface area contributed by atoms with Gasteiger partial charge in [-0.1, -0.05) is 82.6 Å². The second kappa shape index (κ2) is 10.7. The number of hydrogen-bond acceptors (Lipinski definition) is 1. The van der Waals surface area contributed by atoms with Gasteiger partial charge < -0.3 is 0 Å². The van der Waals surface area contributed by atoms with Gasteiger partial charge in [-0.3, -0.25) is 4.79 Å². The van der Waals surface area contributed by atoms with Gasteiger partial charge in [0.05, 0.1) is 0 Å². The van der Waals surface area contributed by atoms with Gasteiger partial charge in [-0.05, 0) is 25.3 Å². The molecule has 0 bridgehead atoms. The summed E-state index contributed by atoms with van der Waals surface area (Å²) in [4.78, 5) is 11.2. The standard InChI is InChI=1S/C19H30O/c1-3-4-5-6-7-8-9-10-11-12-18-13-15-19(16-14-18)17(2)20/h13-16H,3-12H2,1-2H3. The first-order valence-corrected chi connectivity index (χ1v) is 8.34. The number of benzene rings is 1. The van der Waals surface area contributed by atoms with Crippen molar-refractivity contribution in [2.24, 2.45) is 0 Å². The topological polar surface area (TPSA) is 17.1 Å². The molecule has 1 nitrogen and oxygen atoms in total. The number of ketones is 1. The summed E-state index contributed by atoms with van der Waals surface area (Å²) in [5, 5.41) is 0. The van der Waals surface area contributed by atoms with Crippen molar-refractivity contribution >= 4 is 5.78 Å². The fourth-order valence-electron chi connectivity index (χ4n) is 2.55. The summed E-state index contributed by atoms with van der Waals surface area (Å²) in [6.07, 6.45) is 13.5. The van der Waals surface area contributed by atoms with Crippen LogP contribution in [0.3, 0.4) is 0 Å². The molecule has 1 aromatic carbocycles. The Kier molecular flexibility index (Phi) is 9.02. The van der Waals surface area contributed by atoms with E-state index in [4.69, 9.17) is 0 Å². The minimum Gasteiger partial charge on any atom is -0.295 e. The van der Waals surface area contributed by atoms with Crippen molar-refractivity contribution in [2.75, 3.05) is 0 Å². The zero-order chi connectivity index (χ0) is 14.6. The molecule has 0 saturated heterocycles. The summed E-state index contributed by atoms with van der Waals surface area (Å²) in [6.45, 7) is 3.89. The molecule has 0 N–H and O–H groups in total. The number of unbranched alkanes of at least 4 members (excludes halogenated alkanes) is 8. The van der Waals surface area contributed by atoms with Gasteiger partial charge in [0.1, 0.15) is 0 Å². The van der Waals surface area contributed by atoms with E-state index in [1.165, 1.54) is 63.4 Å². The molecule has 1 rings (SSSR count). The highest BCUT2D eigenvalue weighted by atomic mass is 16.1. The second-order valence-electron chi connectivity index (χ2n) is 5.83. The number of rotatable bonds is 11. The Hall–Kier alpha value is -1.11. The lowest BCUT2D eigenvalue weighted by Gasteiger charge is -2.03. The van der Waals surface area contributed by atoms with Gasteiger partial charge in [0.15, 0.2) is 5.78 Å². The highest BCUT2D eigenvalue weighted by Crippen LogP contribution is 2.12. The maximum absolute atomic E-state index is 11.2. The molecule has 1 aromatic rings. The van der Waals surface area contributed by atoms with Gasteiger partial charge in [0.25, 0.3) is 0 Å². The van der Waals surface area contributed by atoms with E-state index in [1.54, 1.807) is 6.92 Å². The van der Waals surface area contributed by atoms with Gasteiger partial charge in [0, 0.05) is 5.56 Å². The van der Waals surface area contributed by atoms with Crippen LogP contribution in [0.2, 0.25) is 0 Å². The molecule has 0 saturated carbocycles. The highest BCUT2D eigenvalue weighted by molar-refractivity contribution is 5.93. The van der Waals surface area contributed by atoms with E-state index in [0.717, 1.165) is 12.0 Å². The van der Waals surface area contributed by atoms with Crippen LogP contribution < -0.4 is 0 Å². The van der Waals surface area contributed by atoms with Crippen LogP contribution in [-0.2, 0) is 6.42 Å². The van der Waals surface area contributed by atoms with Gasteiger partial charge in [0.2, 0.25) is 0 Å². The largest absolute Gasteiger partial charge is 0.295 e. The average Bonchev–Trinajstić information content (AvgIpc) is 2.46. The summed E-state index contributed by atoms with van der Waals surface area (Å²) in [5.74, 6) is 0.152. The summed E-state index contributed by atoms with van der Waals surface area (Å²) in [7, 11) is 0. The van der Waals surface area contributed by atoms with Crippen molar-refractivity contribution in [3.8, 4) is 0 Å². The number of carbonyl (C=O) groups excluding carboxylic acids is 1. The maximum atomic E-state index is 11.2. The van der Waals surface area contributed by atoms with Gasteiger partial charge in [-0.25, -0.2) is 0 Å². The van der Waals surface area contributed by atoms with Crippen molar-refractivity contribution in [2.45, 2.75) is 78.1 Å². The van der Waals surface area contributed by atoms with Crippen LogP contribution in [0.4, 0.5) is 0 Å². The summed E-state index contributed by atoms with van der Waals surface area (Å²) >= 11 is 0. The number of carbonyl (C=O) groups is 1. The molecule has 0 amide bonds. The molecule has 0 atom stereocenters.